The zero-order valence-electron chi connectivity index (χ0n) is 12.8. The smallest absolute Gasteiger partial charge is 0.243 e. The average Bonchev–Trinajstić information content (AvgIpc) is 2.34. The first-order valence-corrected chi connectivity index (χ1v) is 7.48. The van der Waals surface area contributed by atoms with Gasteiger partial charge in [0.1, 0.15) is 6.04 Å². The topological polar surface area (TPSA) is 49.4 Å². The maximum absolute atomic E-state index is 12.0. The second kappa shape index (κ2) is 6.92. The second-order valence-electron chi connectivity index (χ2n) is 6.28. The number of carbonyl (C=O) groups excluding carboxylic acids is 2. The Bertz CT molecular complexity index is 326. The van der Waals surface area contributed by atoms with Crippen LogP contribution in [0.4, 0.5) is 0 Å². The van der Waals surface area contributed by atoms with Crippen molar-refractivity contribution in [3.05, 3.63) is 0 Å². The van der Waals surface area contributed by atoms with Gasteiger partial charge in [0.25, 0.3) is 0 Å². The lowest BCUT2D eigenvalue weighted by atomic mass is 9.85. The monoisotopic (exact) mass is 268 g/mol. The molecular weight excluding hydrogens is 240 g/mol. The van der Waals surface area contributed by atoms with Crippen molar-refractivity contribution >= 4 is 11.8 Å². The fourth-order valence-corrected chi connectivity index (χ4v) is 2.70. The van der Waals surface area contributed by atoms with Gasteiger partial charge in [-0.2, -0.15) is 0 Å². The quantitative estimate of drug-likeness (QED) is 0.720. The van der Waals surface area contributed by atoms with Gasteiger partial charge < -0.3 is 10.2 Å². The minimum atomic E-state index is -0.285. The highest BCUT2D eigenvalue weighted by Gasteiger charge is 2.36. The van der Waals surface area contributed by atoms with Crippen molar-refractivity contribution in [2.75, 3.05) is 13.1 Å². The summed E-state index contributed by atoms with van der Waals surface area (Å²) >= 11 is 0. The van der Waals surface area contributed by atoms with Crippen molar-refractivity contribution in [2.24, 2.45) is 5.41 Å². The van der Waals surface area contributed by atoms with Crippen LogP contribution < -0.4 is 5.32 Å². The molecule has 0 aliphatic carbocycles. The summed E-state index contributed by atoms with van der Waals surface area (Å²) in [5, 5.41) is 2.67. The molecular formula is C15H28N2O2. The third-order valence-electron chi connectivity index (χ3n) is 3.86. The van der Waals surface area contributed by atoms with E-state index in [0.717, 1.165) is 6.42 Å². The minimum absolute atomic E-state index is 0.00791. The molecule has 2 amide bonds. The van der Waals surface area contributed by atoms with Crippen molar-refractivity contribution in [3.8, 4) is 0 Å². The number of nitrogens with zero attached hydrogens (tertiary/aromatic N) is 1. The predicted octanol–water partition coefficient (Wildman–Crippen LogP) is 2.33. The van der Waals surface area contributed by atoms with Crippen molar-refractivity contribution in [3.63, 3.8) is 0 Å². The number of nitrogens with one attached hydrogen (secondary N) is 1. The molecule has 1 aliphatic heterocycles. The highest BCUT2D eigenvalue weighted by molar-refractivity contribution is 5.94. The Hall–Kier alpha value is -1.06. The number of unbranched alkanes of at least 4 members (excludes halogenated alkanes) is 2. The molecule has 0 spiro atoms. The first-order valence-electron chi connectivity index (χ1n) is 7.48. The molecule has 4 nitrogen and oxygen atoms in total. The highest BCUT2D eigenvalue weighted by atomic mass is 16.2. The SMILES string of the molecule is CCCCCC(C)(C)CN1C(=O)CNC(=O)C1CC. The Morgan fingerprint density at radius 2 is 1.95 bits per heavy atom. The van der Waals surface area contributed by atoms with Crippen LogP contribution in [0.2, 0.25) is 0 Å². The van der Waals surface area contributed by atoms with E-state index in [4.69, 9.17) is 0 Å². The highest BCUT2D eigenvalue weighted by Crippen LogP contribution is 2.27. The molecule has 1 fully saturated rings. The second-order valence-corrected chi connectivity index (χ2v) is 6.28. The molecule has 0 aromatic carbocycles. The van der Waals surface area contributed by atoms with Gasteiger partial charge in [0.2, 0.25) is 11.8 Å². The third-order valence-corrected chi connectivity index (χ3v) is 3.86. The van der Waals surface area contributed by atoms with Gasteiger partial charge in [-0.15, -0.1) is 0 Å². The van der Waals surface area contributed by atoms with E-state index in [1.54, 1.807) is 4.90 Å². The van der Waals surface area contributed by atoms with Crippen LogP contribution in [0.25, 0.3) is 0 Å². The minimum Gasteiger partial charge on any atom is -0.345 e. The average molecular weight is 268 g/mol. The van der Waals surface area contributed by atoms with Crippen LogP contribution in [-0.2, 0) is 9.59 Å². The Kier molecular flexibility index (Phi) is 5.83. The summed E-state index contributed by atoms with van der Waals surface area (Å²) < 4.78 is 0. The number of piperazine rings is 1. The molecule has 1 N–H and O–H groups in total. The van der Waals surface area contributed by atoms with Crippen LogP contribution in [0, 0.1) is 5.41 Å². The summed E-state index contributed by atoms with van der Waals surface area (Å²) in [5.74, 6) is 0.0430. The van der Waals surface area contributed by atoms with Crippen LogP contribution in [0.5, 0.6) is 0 Å². The summed E-state index contributed by atoms with van der Waals surface area (Å²) in [6.45, 7) is 9.37. The van der Waals surface area contributed by atoms with Gasteiger partial charge >= 0.3 is 0 Å². The molecule has 1 heterocycles. The Labute approximate surface area is 116 Å². The van der Waals surface area contributed by atoms with Gasteiger partial charge in [-0.3, -0.25) is 9.59 Å². The van der Waals surface area contributed by atoms with Gasteiger partial charge in [-0.1, -0.05) is 47.0 Å². The van der Waals surface area contributed by atoms with E-state index in [1.165, 1.54) is 19.3 Å². The molecule has 1 rings (SSSR count). The molecule has 1 aliphatic rings. The number of rotatable bonds is 7. The van der Waals surface area contributed by atoms with Gasteiger partial charge in [0, 0.05) is 6.54 Å². The van der Waals surface area contributed by atoms with E-state index in [1.807, 2.05) is 6.92 Å². The molecule has 0 saturated carbocycles. The first-order chi connectivity index (χ1) is 8.91. The number of hydrogen-bond donors (Lipinski definition) is 1. The summed E-state index contributed by atoms with van der Waals surface area (Å²) in [6, 6.07) is -0.285. The van der Waals surface area contributed by atoms with Crippen LogP contribution in [0.3, 0.4) is 0 Å². The molecule has 1 atom stereocenters. The normalized spacial score (nSPS) is 20.6. The van der Waals surface area contributed by atoms with Crippen LogP contribution >= 0.6 is 0 Å². The Morgan fingerprint density at radius 3 is 2.53 bits per heavy atom. The lowest BCUT2D eigenvalue weighted by Crippen LogP contribution is -2.59. The van der Waals surface area contributed by atoms with Crippen molar-refractivity contribution < 1.29 is 9.59 Å². The number of amides is 2. The van der Waals surface area contributed by atoms with Crippen LogP contribution in [0.1, 0.15) is 59.8 Å². The summed E-state index contributed by atoms with van der Waals surface area (Å²) in [6.07, 6.45) is 5.41. The number of carbonyl (C=O) groups is 2. The standard InChI is InChI=1S/C15H28N2O2/c1-5-7-8-9-15(3,4)11-17-12(6-2)14(19)16-10-13(17)18/h12H,5-11H2,1-4H3,(H,16,19). The fourth-order valence-electron chi connectivity index (χ4n) is 2.70. The first kappa shape index (κ1) is 16.0. The molecule has 0 aromatic heterocycles. The predicted molar refractivity (Wildman–Crippen MR) is 76.7 cm³/mol. The molecule has 0 aromatic rings. The van der Waals surface area contributed by atoms with Crippen molar-refractivity contribution in [2.45, 2.75) is 65.8 Å². The maximum atomic E-state index is 12.0. The molecule has 1 saturated heterocycles. The van der Waals surface area contributed by atoms with Crippen LogP contribution in [0.15, 0.2) is 0 Å². The van der Waals surface area contributed by atoms with Crippen molar-refractivity contribution in [1.29, 1.82) is 0 Å². The Morgan fingerprint density at radius 1 is 1.26 bits per heavy atom. The fraction of sp³-hybridized carbons (Fsp3) is 0.867. The van der Waals surface area contributed by atoms with E-state index in [-0.39, 0.29) is 29.8 Å². The Balaban J connectivity index is 2.65. The maximum Gasteiger partial charge on any atom is 0.243 e. The third kappa shape index (κ3) is 4.51. The molecule has 110 valence electrons. The lowest BCUT2D eigenvalue weighted by Gasteiger charge is -2.39. The van der Waals surface area contributed by atoms with Gasteiger partial charge in [0.05, 0.1) is 6.54 Å². The molecule has 1 unspecified atom stereocenters. The molecule has 0 bridgehead atoms. The number of hydrogen-bond acceptors (Lipinski definition) is 2. The summed E-state index contributed by atoms with van der Waals surface area (Å²) in [4.78, 5) is 25.6. The van der Waals surface area contributed by atoms with E-state index >= 15 is 0 Å². The van der Waals surface area contributed by atoms with E-state index in [2.05, 4.69) is 26.1 Å². The van der Waals surface area contributed by atoms with Gasteiger partial charge in [-0.05, 0) is 18.3 Å². The zero-order valence-corrected chi connectivity index (χ0v) is 12.8. The van der Waals surface area contributed by atoms with Crippen LogP contribution in [-0.4, -0.2) is 35.8 Å². The summed E-state index contributed by atoms with van der Waals surface area (Å²) in [5.41, 5.74) is 0.0792. The largest absolute Gasteiger partial charge is 0.345 e. The molecule has 4 heteroatoms. The lowest BCUT2D eigenvalue weighted by molar-refractivity contribution is -0.147. The van der Waals surface area contributed by atoms with Crippen molar-refractivity contribution in [1.82, 2.24) is 10.2 Å². The van der Waals surface area contributed by atoms with Gasteiger partial charge in [0.15, 0.2) is 0 Å². The van der Waals surface area contributed by atoms with Gasteiger partial charge in [-0.25, -0.2) is 0 Å². The van der Waals surface area contributed by atoms with E-state index in [9.17, 15) is 9.59 Å². The molecule has 19 heavy (non-hydrogen) atoms. The zero-order chi connectivity index (χ0) is 14.5. The van der Waals surface area contributed by atoms with E-state index < -0.39 is 0 Å². The summed E-state index contributed by atoms with van der Waals surface area (Å²) in [7, 11) is 0. The molecule has 0 radical (unpaired) electrons. The van der Waals surface area contributed by atoms with E-state index in [0.29, 0.717) is 13.0 Å².